The molecule has 8 aromatic rings. The molecule has 270 valence electrons. The minimum atomic E-state index is -0.296. The summed E-state index contributed by atoms with van der Waals surface area (Å²) in [5.74, 6) is 0. The van der Waals surface area contributed by atoms with Crippen molar-refractivity contribution in [2.45, 2.75) is 38.5 Å². The van der Waals surface area contributed by atoms with Crippen molar-refractivity contribution >= 4 is 34.1 Å². The predicted molar refractivity (Wildman–Crippen MR) is 236 cm³/mol. The normalized spacial score (nSPS) is 14.3. The van der Waals surface area contributed by atoms with E-state index in [4.69, 9.17) is 0 Å². The largest absolute Gasteiger partial charge is 0.310 e. The Labute approximate surface area is 331 Å². The predicted octanol–water partition coefficient (Wildman–Crippen LogP) is 14.9. The number of anilines is 6. The van der Waals surface area contributed by atoms with Gasteiger partial charge < -0.3 is 9.80 Å². The van der Waals surface area contributed by atoms with Gasteiger partial charge in [-0.25, -0.2) is 0 Å². The van der Waals surface area contributed by atoms with Crippen molar-refractivity contribution in [2.75, 3.05) is 9.80 Å². The molecule has 0 atom stereocenters. The van der Waals surface area contributed by atoms with E-state index in [0.29, 0.717) is 0 Å². The van der Waals surface area contributed by atoms with Crippen molar-refractivity contribution in [3.8, 4) is 33.4 Å². The van der Waals surface area contributed by atoms with Crippen molar-refractivity contribution in [2.24, 2.45) is 0 Å². The van der Waals surface area contributed by atoms with Crippen molar-refractivity contribution in [3.63, 3.8) is 0 Å². The lowest BCUT2D eigenvalue weighted by atomic mass is 9.72. The Morgan fingerprint density at radius 3 is 1.48 bits per heavy atom. The third-order valence-electron chi connectivity index (χ3n) is 12.2. The molecule has 0 saturated carbocycles. The van der Waals surface area contributed by atoms with Gasteiger partial charge in [-0.15, -0.1) is 0 Å². The van der Waals surface area contributed by atoms with E-state index < -0.39 is 0 Å². The van der Waals surface area contributed by atoms with Gasteiger partial charge >= 0.3 is 0 Å². The zero-order valence-electron chi connectivity index (χ0n) is 32.4. The molecule has 2 aliphatic rings. The second-order valence-corrected chi connectivity index (χ2v) is 16.2. The third kappa shape index (κ3) is 5.39. The van der Waals surface area contributed by atoms with Crippen molar-refractivity contribution in [1.82, 2.24) is 0 Å². The first-order valence-corrected chi connectivity index (χ1v) is 19.7. The van der Waals surface area contributed by atoms with Gasteiger partial charge in [0.05, 0.1) is 11.4 Å². The summed E-state index contributed by atoms with van der Waals surface area (Å²) in [6.45, 7) is 9.50. The maximum absolute atomic E-state index is 2.46. The topological polar surface area (TPSA) is 6.48 Å². The SMILES string of the molecule is CC1(C)c2ccccc2-c2ccc(N(c3ccccc3)c3ccc4c(c3)C(C)(C)c3cc(-c5ccccc5)ccc3N4c3ccc(-c4ccccc4)cc3)cc21. The molecule has 1 heterocycles. The lowest BCUT2D eigenvalue weighted by Crippen LogP contribution is -2.31. The van der Waals surface area contributed by atoms with Crippen LogP contribution in [-0.2, 0) is 10.8 Å². The summed E-state index contributed by atoms with van der Waals surface area (Å²) < 4.78 is 0. The minimum absolute atomic E-state index is 0.0983. The number of rotatable bonds is 6. The van der Waals surface area contributed by atoms with E-state index in [9.17, 15) is 0 Å². The van der Waals surface area contributed by atoms with Gasteiger partial charge in [-0.2, -0.15) is 0 Å². The molecule has 0 N–H and O–H groups in total. The van der Waals surface area contributed by atoms with Gasteiger partial charge in [-0.05, 0) is 122 Å². The molecular weight excluding hydrogens is 677 g/mol. The van der Waals surface area contributed by atoms with Crippen LogP contribution in [0.5, 0.6) is 0 Å². The summed E-state index contributed by atoms with van der Waals surface area (Å²) in [7, 11) is 0. The second-order valence-electron chi connectivity index (χ2n) is 16.2. The molecular formula is C54H44N2. The Kier molecular flexibility index (Phi) is 7.87. The van der Waals surface area contributed by atoms with Gasteiger partial charge in [-0.3, -0.25) is 0 Å². The summed E-state index contributed by atoms with van der Waals surface area (Å²) in [5, 5.41) is 0. The summed E-state index contributed by atoms with van der Waals surface area (Å²) >= 11 is 0. The summed E-state index contributed by atoms with van der Waals surface area (Å²) in [5.41, 5.74) is 19.5. The van der Waals surface area contributed by atoms with Gasteiger partial charge in [0.25, 0.3) is 0 Å². The molecule has 1 aliphatic carbocycles. The fraction of sp³-hybridized carbons (Fsp3) is 0.111. The number of benzene rings is 8. The standard InChI is InChI=1S/C54H44N2/c1-53(2)47-23-15-14-22-45(47)46-31-29-43(35-48(46)53)55(41-20-12-7-13-21-41)44-30-33-52-50(36-44)54(3,4)49-34-40(38-18-10-6-11-19-38)26-32-51(49)56(52)42-27-24-39(25-28-42)37-16-8-5-9-17-37/h5-36H,1-4H3. The highest BCUT2D eigenvalue weighted by Gasteiger charge is 2.39. The average Bonchev–Trinajstić information content (AvgIpc) is 3.47. The molecule has 0 saturated heterocycles. The Balaban J connectivity index is 1.15. The molecule has 0 radical (unpaired) electrons. The van der Waals surface area contributed by atoms with Crippen LogP contribution in [0, 0.1) is 0 Å². The molecule has 0 fully saturated rings. The molecule has 56 heavy (non-hydrogen) atoms. The zero-order valence-corrected chi connectivity index (χ0v) is 32.4. The van der Waals surface area contributed by atoms with E-state index in [0.717, 1.165) is 22.7 Å². The van der Waals surface area contributed by atoms with E-state index in [-0.39, 0.29) is 10.8 Å². The first kappa shape index (κ1) is 33.9. The quantitative estimate of drug-likeness (QED) is 0.169. The van der Waals surface area contributed by atoms with E-state index in [1.165, 1.54) is 67.0 Å². The van der Waals surface area contributed by atoms with Crippen LogP contribution in [0.25, 0.3) is 33.4 Å². The maximum atomic E-state index is 2.46. The lowest BCUT2D eigenvalue weighted by molar-refractivity contribution is 0.632. The minimum Gasteiger partial charge on any atom is -0.310 e. The van der Waals surface area contributed by atoms with Crippen LogP contribution in [0.1, 0.15) is 49.9 Å². The Morgan fingerprint density at radius 1 is 0.339 bits per heavy atom. The van der Waals surface area contributed by atoms with Crippen LogP contribution < -0.4 is 9.80 Å². The Morgan fingerprint density at radius 2 is 0.804 bits per heavy atom. The van der Waals surface area contributed by atoms with Gasteiger partial charge in [-0.1, -0.05) is 155 Å². The number of fused-ring (bicyclic) bond motifs is 5. The molecule has 0 bridgehead atoms. The molecule has 1 aliphatic heterocycles. The molecule has 0 unspecified atom stereocenters. The first-order valence-electron chi connectivity index (χ1n) is 19.7. The average molecular weight is 721 g/mol. The van der Waals surface area contributed by atoms with Crippen LogP contribution in [-0.4, -0.2) is 0 Å². The summed E-state index contributed by atoms with van der Waals surface area (Å²) in [6.07, 6.45) is 0. The van der Waals surface area contributed by atoms with Gasteiger partial charge in [0, 0.05) is 33.6 Å². The van der Waals surface area contributed by atoms with Gasteiger partial charge in [0.15, 0.2) is 0 Å². The highest BCUT2D eigenvalue weighted by Crippen LogP contribution is 2.55. The highest BCUT2D eigenvalue weighted by molar-refractivity contribution is 5.91. The Hall–Kier alpha value is -6.64. The van der Waals surface area contributed by atoms with Crippen molar-refractivity contribution in [3.05, 3.63) is 216 Å². The monoisotopic (exact) mass is 720 g/mol. The fourth-order valence-corrected chi connectivity index (χ4v) is 9.24. The van der Waals surface area contributed by atoms with Crippen LogP contribution in [0.3, 0.4) is 0 Å². The number of para-hydroxylation sites is 1. The number of hydrogen-bond acceptors (Lipinski definition) is 2. The highest BCUT2D eigenvalue weighted by atomic mass is 15.2. The Bertz CT molecular complexity index is 2730. The van der Waals surface area contributed by atoms with E-state index in [2.05, 4.69) is 232 Å². The maximum Gasteiger partial charge on any atom is 0.0504 e. The third-order valence-corrected chi connectivity index (χ3v) is 12.2. The molecule has 8 aromatic carbocycles. The second kappa shape index (κ2) is 13.0. The van der Waals surface area contributed by atoms with Crippen LogP contribution in [0.4, 0.5) is 34.1 Å². The smallest absolute Gasteiger partial charge is 0.0504 e. The van der Waals surface area contributed by atoms with Crippen LogP contribution >= 0.6 is 0 Å². The molecule has 0 amide bonds. The van der Waals surface area contributed by atoms with E-state index in [1.807, 2.05) is 0 Å². The molecule has 10 rings (SSSR count). The van der Waals surface area contributed by atoms with Crippen LogP contribution in [0.15, 0.2) is 194 Å². The molecule has 2 heteroatoms. The van der Waals surface area contributed by atoms with Gasteiger partial charge in [0.2, 0.25) is 0 Å². The lowest BCUT2D eigenvalue weighted by Gasteiger charge is -2.43. The van der Waals surface area contributed by atoms with E-state index >= 15 is 0 Å². The first-order chi connectivity index (χ1) is 27.3. The van der Waals surface area contributed by atoms with Gasteiger partial charge in [0.1, 0.15) is 0 Å². The van der Waals surface area contributed by atoms with Crippen molar-refractivity contribution in [1.29, 1.82) is 0 Å². The number of nitrogens with zero attached hydrogens (tertiary/aromatic N) is 2. The zero-order chi connectivity index (χ0) is 38.0. The van der Waals surface area contributed by atoms with E-state index in [1.54, 1.807) is 0 Å². The summed E-state index contributed by atoms with van der Waals surface area (Å²) in [4.78, 5) is 4.90. The number of hydrogen-bond donors (Lipinski definition) is 0. The van der Waals surface area contributed by atoms with Crippen LogP contribution in [0.2, 0.25) is 0 Å². The molecule has 0 spiro atoms. The molecule has 0 aromatic heterocycles. The summed E-state index contributed by atoms with van der Waals surface area (Å²) in [6, 6.07) is 71.3. The fourth-order valence-electron chi connectivity index (χ4n) is 9.24. The van der Waals surface area contributed by atoms with Crippen molar-refractivity contribution < 1.29 is 0 Å². The molecule has 2 nitrogen and oxygen atoms in total.